The fourth-order valence-electron chi connectivity index (χ4n) is 1.72. The van der Waals surface area contributed by atoms with Gasteiger partial charge in [-0.3, -0.25) is 0 Å². The molecule has 0 saturated heterocycles. The van der Waals surface area contributed by atoms with E-state index >= 15 is 0 Å². The molecule has 0 aliphatic rings. The van der Waals surface area contributed by atoms with Crippen LogP contribution in [0.4, 0.5) is 13.2 Å². The SMILES string of the molecule is COc1cc(CNC(C)C)ccc1OCCCC(F)(F)F. The van der Waals surface area contributed by atoms with E-state index in [1.165, 1.54) is 7.11 Å². The monoisotopic (exact) mass is 305 g/mol. The molecule has 0 atom stereocenters. The second kappa shape index (κ2) is 8.12. The summed E-state index contributed by atoms with van der Waals surface area (Å²) in [6, 6.07) is 5.80. The Morgan fingerprint density at radius 2 is 1.90 bits per heavy atom. The molecule has 0 aliphatic carbocycles. The third-order valence-electron chi connectivity index (χ3n) is 2.80. The van der Waals surface area contributed by atoms with Crippen molar-refractivity contribution in [1.82, 2.24) is 5.32 Å². The lowest BCUT2D eigenvalue weighted by Crippen LogP contribution is -2.21. The minimum atomic E-state index is -4.14. The zero-order valence-corrected chi connectivity index (χ0v) is 12.6. The molecule has 1 rings (SSSR count). The van der Waals surface area contributed by atoms with E-state index in [1.54, 1.807) is 6.07 Å². The average Bonchev–Trinajstić information content (AvgIpc) is 2.40. The standard InChI is InChI=1S/C15H22F3NO2/c1-11(2)19-10-12-5-6-13(14(9-12)20-3)21-8-4-7-15(16,17)18/h5-6,9,11,19H,4,7-8,10H2,1-3H3. The fraction of sp³-hybridized carbons (Fsp3) is 0.600. The van der Waals surface area contributed by atoms with Crippen LogP contribution >= 0.6 is 0 Å². The molecule has 6 heteroatoms. The van der Waals surface area contributed by atoms with Gasteiger partial charge in [0.15, 0.2) is 11.5 Å². The number of hydrogen-bond donors (Lipinski definition) is 1. The Bertz CT molecular complexity index is 433. The van der Waals surface area contributed by atoms with Gasteiger partial charge >= 0.3 is 6.18 Å². The Kier molecular flexibility index (Phi) is 6.81. The van der Waals surface area contributed by atoms with Crippen molar-refractivity contribution in [2.45, 2.75) is 45.5 Å². The van der Waals surface area contributed by atoms with E-state index in [2.05, 4.69) is 19.2 Å². The van der Waals surface area contributed by atoms with E-state index in [9.17, 15) is 13.2 Å². The van der Waals surface area contributed by atoms with Crippen LogP contribution in [-0.4, -0.2) is 25.9 Å². The summed E-state index contributed by atoms with van der Waals surface area (Å²) in [6.07, 6.45) is -5.05. The molecule has 1 aromatic carbocycles. The molecule has 21 heavy (non-hydrogen) atoms. The quantitative estimate of drug-likeness (QED) is 0.739. The highest BCUT2D eigenvalue weighted by Crippen LogP contribution is 2.29. The molecule has 0 unspecified atom stereocenters. The van der Waals surface area contributed by atoms with Gasteiger partial charge in [0.25, 0.3) is 0 Å². The van der Waals surface area contributed by atoms with Gasteiger partial charge < -0.3 is 14.8 Å². The van der Waals surface area contributed by atoms with Gasteiger partial charge in [-0.2, -0.15) is 13.2 Å². The van der Waals surface area contributed by atoms with Crippen molar-refractivity contribution in [2.24, 2.45) is 0 Å². The molecule has 0 spiro atoms. The number of ether oxygens (including phenoxy) is 2. The van der Waals surface area contributed by atoms with Crippen molar-refractivity contribution in [3.63, 3.8) is 0 Å². The van der Waals surface area contributed by atoms with Crippen molar-refractivity contribution in [1.29, 1.82) is 0 Å². The number of hydrogen-bond acceptors (Lipinski definition) is 3. The Morgan fingerprint density at radius 1 is 1.19 bits per heavy atom. The van der Waals surface area contributed by atoms with E-state index in [-0.39, 0.29) is 13.0 Å². The molecule has 3 nitrogen and oxygen atoms in total. The smallest absolute Gasteiger partial charge is 0.389 e. The van der Waals surface area contributed by atoms with Gasteiger partial charge in [0.2, 0.25) is 0 Å². The van der Waals surface area contributed by atoms with Crippen LogP contribution in [0.15, 0.2) is 18.2 Å². The minimum Gasteiger partial charge on any atom is -0.493 e. The normalized spacial score (nSPS) is 11.8. The van der Waals surface area contributed by atoms with Gasteiger partial charge in [-0.1, -0.05) is 19.9 Å². The molecule has 0 heterocycles. The number of rotatable bonds is 8. The van der Waals surface area contributed by atoms with Crippen molar-refractivity contribution in [2.75, 3.05) is 13.7 Å². The van der Waals surface area contributed by atoms with Crippen LogP contribution < -0.4 is 14.8 Å². The molecule has 1 aromatic rings. The average molecular weight is 305 g/mol. The van der Waals surface area contributed by atoms with Crippen LogP contribution in [0.25, 0.3) is 0 Å². The Labute approximate surface area is 123 Å². The lowest BCUT2D eigenvalue weighted by molar-refractivity contribution is -0.136. The van der Waals surface area contributed by atoms with E-state index in [0.717, 1.165) is 5.56 Å². The Balaban J connectivity index is 2.54. The van der Waals surface area contributed by atoms with Gasteiger partial charge in [0.1, 0.15) is 0 Å². The Morgan fingerprint density at radius 3 is 2.48 bits per heavy atom. The number of methoxy groups -OCH3 is 1. The fourth-order valence-corrected chi connectivity index (χ4v) is 1.72. The van der Waals surface area contributed by atoms with Crippen molar-refractivity contribution < 1.29 is 22.6 Å². The molecule has 0 amide bonds. The highest BCUT2D eigenvalue weighted by molar-refractivity contribution is 5.42. The summed E-state index contributed by atoms with van der Waals surface area (Å²) in [6.45, 7) is 4.81. The first-order valence-electron chi connectivity index (χ1n) is 6.91. The number of alkyl halides is 3. The maximum absolute atomic E-state index is 12.0. The van der Waals surface area contributed by atoms with Crippen LogP contribution in [0.2, 0.25) is 0 Å². The Hall–Kier alpha value is -1.43. The molecule has 0 bridgehead atoms. The largest absolute Gasteiger partial charge is 0.493 e. The van der Waals surface area contributed by atoms with Gasteiger partial charge in [-0.25, -0.2) is 0 Å². The highest BCUT2D eigenvalue weighted by atomic mass is 19.4. The van der Waals surface area contributed by atoms with Crippen LogP contribution in [0.5, 0.6) is 11.5 Å². The third kappa shape index (κ3) is 7.22. The maximum Gasteiger partial charge on any atom is 0.389 e. The van der Waals surface area contributed by atoms with Crippen molar-refractivity contribution >= 4 is 0 Å². The molecule has 120 valence electrons. The maximum atomic E-state index is 12.0. The summed E-state index contributed by atoms with van der Waals surface area (Å²) in [7, 11) is 1.51. The predicted molar refractivity (Wildman–Crippen MR) is 75.8 cm³/mol. The minimum absolute atomic E-state index is 0.0134. The predicted octanol–water partition coefficient (Wildman–Crippen LogP) is 3.91. The lowest BCUT2D eigenvalue weighted by atomic mass is 10.2. The molecule has 0 aliphatic heterocycles. The van der Waals surface area contributed by atoms with E-state index < -0.39 is 12.6 Å². The van der Waals surface area contributed by atoms with Gasteiger partial charge in [0.05, 0.1) is 13.7 Å². The second-order valence-electron chi connectivity index (χ2n) is 5.09. The summed E-state index contributed by atoms with van der Waals surface area (Å²) in [4.78, 5) is 0. The van der Waals surface area contributed by atoms with Gasteiger partial charge in [-0.05, 0) is 24.1 Å². The first-order valence-corrected chi connectivity index (χ1v) is 6.91. The summed E-state index contributed by atoms with van der Waals surface area (Å²) in [5, 5.41) is 3.28. The third-order valence-corrected chi connectivity index (χ3v) is 2.80. The van der Waals surface area contributed by atoms with Crippen LogP contribution in [-0.2, 0) is 6.54 Å². The molecule has 1 N–H and O–H groups in total. The molecule has 0 saturated carbocycles. The summed E-state index contributed by atoms with van der Waals surface area (Å²) >= 11 is 0. The van der Waals surface area contributed by atoms with Crippen LogP contribution in [0.1, 0.15) is 32.3 Å². The molecular formula is C15H22F3NO2. The van der Waals surface area contributed by atoms with Gasteiger partial charge in [0, 0.05) is 19.0 Å². The lowest BCUT2D eigenvalue weighted by Gasteiger charge is -2.14. The highest BCUT2D eigenvalue weighted by Gasteiger charge is 2.26. The number of halogens is 3. The summed E-state index contributed by atoms with van der Waals surface area (Å²) in [5.41, 5.74) is 1.03. The van der Waals surface area contributed by atoms with Gasteiger partial charge in [-0.15, -0.1) is 0 Å². The number of nitrogens with one attached hydrogen (secondary N) is 1. The second-order valence-corrected chi connectivity index (χ2v) is 5.09. The first kappa shape index (κ1) is 17.6. The zero-order chi connectivity index (χ0) is 15.9. The van der Waals surface area contributed by atoms with Crippen LogP contribution in [0, 0.1) is 0 Å². The summed E-state index contributed by atoms with van der Waals surface area (Å²) < 4.78 is 46.7. The van der Waals surface area contributed by atoms with Crippen molar-refractivity contribution in [3.05, 3.63) is 23.8 Å². The van der Waals surface area contributed by atoms with E-state index in [4.69, 9.17) is 9.47 Å². The number of benzene rings is 1. The molecular weight excluding hydrogens is 283 g/mol. The van der Waals surface area contributed by atoms with Crippen LogP contribution in [0.3, 0.4) is 0 Å². The molecule has 0 fully saturated rings. The first-order chi connectivity index (χ1) is 9.81. The van der Waals surface area contributed by atoms with E-state index in [0.29, 0.717) is 24.1 Å². The van der Waals surface area contributed by atoms with Crippen molar-refractivity contribution in [3.8, 4) is 11.5 Å². The van der Waals surface area contributed by atoms with E-state index in [1.807, 2.05) is 12.1 Å². The molecule has 0 radical (unpaired) electrons. The molecule has 0 aromatic heterocycles. The zero-order valence-electron chi connectivity index (χ0n) is 12.6. The summed E-state index contributed by atoms with van der Waals surface area (Å²) in [5.74, 6) is 0.998. The topological polar surface area (TPSA) is 30.5 Å².